The summed E-state index contributed by atoms with van der Waals surface area (Å²) in [5.41, 5.74) is 17.2. The van der Waals surface area contributed by atoms with Crippen LogP contribution in [-0.4, -0.2) is 0 Å². The Balaban J connectivity index is 1.29. The Labute approximate surface area is 344 Å². The number of hydrogen-bond acceptors (Lipinski definition) is 2. The summed E-state index contributed by atoms with van der Waals surface area (Å²) in [5, 5.41) is 7.97. The van der Waals surface area contributed by atoms with E-state index in [2.05, 4.69) is 223 Å². The zero-order valence-corrected chi connectivity index (χ0v) is 35.1. The second-order valence-corrected chi connectivity index (χ2v) is 16.9. The van der Waals surface area contributed by atoms with Crippen molar-refractivity contribution in [1.82, 2.24) is 0 Å². The highest BCUT2D eigenvalue weighted by atomic mass is 15.1. The summed E-state index contributed by atoms with van der Waals surface area (Å²) in [7, 11) is 0. The molecule has 286 valence electrons. The molecule has 0 heterocycles. The average Bonchev–Trinajstić information content (AvgIpc) is 3.22. The minimum absolute atomic E-state index is 0.335. The molecule has 0 aliphatic rings. The topological polar surface area (TPSA) is 6.48 Å². The van der Waals surface area contributed by atoms with Gasteiger partial charge in [0.05, 0.1) is 5.69 Å². The van der Waals surface area contributed by atoms with E-state index >= 15 is 0 Å². The number of aryl methyl sites for hydroxylation is 4. The molecule has 58 heavy (non-hydrogen) atoms. The lowest BCUT2D eigenvalue weighted by atomic mass is 9.82. The standard InChI is InChI=1S/C56H52N2/c1-35(2)51-33-53(41-19-25-43(26-20-41)57(42-21-15-37(5)16-22-42)45-13-9-11-39(7)31-45)49-28-27-48-52(36(3)4)34-54(50-30-29-47(51)55(49)56(48)50)58(44-23-17-38(6)18-24-44)46-14-10-12-40(8)32-46/h9-36H,1-8H3. The van der Waals surface area contributed by atoms with Crippen LogP contribution in [0.4, 0.5) is 34.1 Å². The summed E-state index contributed by atoms with van der Waals surface area (Å²) < 4.78 is 0. The number of nitrogens with zero attached hydrogens (tertiary/aromatic N) is 2. The molecule has 0 aliphatic carbocycles. The molecule has 9 aromatic rings. The largest absolute Gasteiger partial charge is 0.310 e. The monoisotopic (exact) mass is 752 g/mol. The first-order valence-electron chi connectivity index (χ1n) is 20.8. The highest BCUT2D eigenvalue weighted by Crippen LogP contribution is 2.49. The van der Waals surface area contributed by atoms with Crippen LogP contribution in [0, 0.1) is 27.7 Å². The van der Waals surface area contributed by atoms with E-state index in [1.165, 1.54) is 88.2 Å². The molecular formula is C56H52N2. The third-order valence-corrected chi connectivity index (χ3v) is 12.0. The van der Waals surface area contributed by atoms with Crippen LogP contribution in [0.15, 0.2) is 158 Å². The highest BCUT2D eigenvalue weighted by Gasteiger charge is 2.24. The second-order valence-electron chi connectivity index (χ2n) is 16.9. The molecule has 9 aromatic carbocycles. The summed E-state index contributed by atoms with van der Waals surface area (Å²) in [5.74, 6) is 0.684. The highest BCUT2D eigenvalue weighted by molar-refractivity contribution is 6.29. The van der Waals surface area contributed by atoms with Crippen LogP contribution in [-0.2, 0) is 0 Å². The van der Waals surface area contributed by atoms with E-state index in [9.17, 15) is 0 Å². The summed E-state index contributed by atoms with van der Waals surface area (Å²) in [4.78, 5) is 4.84. The van der Waals surface area contributed by atoms with E-state index in [1.54, 1.807) is 0 Å². The van der Waals surface area contributed by atoms with Crippen LogP contribution in [0.2, 0.25) is 0 Å². The predicted molar refractivity (Wildman–Crippen MR) is 252 cm³/mol. The minimum Gasteiger partial charge on any atom is -0.310 e. The van der Waals surface area contributed by atoms with Gasteiger partial charge in [0.15, 0.2) is 0 Å². The second kappa shape index (κ2) is 14.8. The lowest BCUT2D eigenvalue weighted by Crippen LogP contribution is -2.12. The summed E-state index contributed by atoms with van der Waals surface area (Å²) >= 11 is 0. The number of benzene rings is 9. The van der Waals surface area contributed by atoms with E-state index in [0.717, 1.165) is 22.7 Å². The molecule has 0 unspecified atom stereocenters. The van der Waals surface area contributed by atoms with E-state index in [-0.39, 0.29) is 0 Å². The van der Waals surface area contributed by atoms with Gasteiger partial charge in [-0.05, 0) is 173 Å². The maximum atomic E-state index is 2.47. The van der Waals surface area contributed by atoms with Gasteiger partial charge in [0.25, 0.3) is 0 Å². The molecular weight excluding hydrogens is 701 g/mol. The normalized spacial score (nSPS) is 11.8. The molecule has 0 spiro atoms. The zero-order valence-electron chi connectivity index (χ0n) is 35.1. The Hall–Kier alpha value is -6.38. The fourth-order valence-electron chi connectivity index (χ4n) is 8.99. The van der Waals surface area contributed by atoms with Crippen molar-refractivity contribution in [3.05, 3.63) is 191 Å². The van der Waals surface area contributed by atoms with Crippen LogP contribution < -0.4 is 9.80 Å². The molecule has 0 saturated carbocycles. The molecule has 0 atom stereocenters. The lowest BCUT2D eigenvalue weighted by molar-refractivity contribution is 0.876. The van der Waals surface area contributed by atoms with Crippen LogP contribution >= 0.6 is 0 Å². The number of anilines is 6. The van der Waals surface area contributed by atoms with Crippen LogP contribution in [0.5, 0.6) is 0 Å². The SMILES string of the molecule is Cc1ccc(N(c2ccc(-c3cc(C(C)C)c4ccc5c(N(c6ccc(C)cc6)c6cccc(C)c6)cc(C(C)C)c6ccc3c4c65)cc2)c2cccc(C)c2)cc1. The van der Waals surface area contributed by atoms with E-state index < -0.39 is 0 Å². The van der Waals surface area contributed by atoms with Crippen molar-refractivity contribution in [3.63, 3.8) is 0 Å². The van der Waals surface area contributed by atoms with Gasteiger partial charge >= 0.3 is 0 Å². The van der Waals surface area contributed by atoms with Crippen molar-refractivity contribution in [3.8, 4) is 11.1 Å². The van der Waals surface area contributed by atoms with Crippen molar-refractivity contribution in [2.45, 2.75) is 67.2 Å². The van der Waals surface area contributed by atoms with Crippen molar-refractivity contribution in [1.29, 1.82) is 0 Å². The van der Waals surface area contributed by atoms with Gasteiger partial charge in [0.1, 0.15) is 0 Å². The fraction of sp³-hybridized carbons (Fsp3) is 0.179. The van der Waals surface area contributed by atoms with Gasteiger partial charge in [-0.1, -0.05) is 124 Å². The smallest absolute Gasteiger partial charge is 0.0543 e. The molecule has 0 amide bonds. The maximum absolute atomic E-state index is 2.47. The minimum atomic E-state index is 0.335. The van der Waals surface area contributed by atoms with Gasteiger partial charge in [-0.3, -0.25) is 0 Å². The molecule has 9 rings (SSSR count). The van der Waals surface area contributed by atoms with Crippen molar-refractivity contribution in [2.24, 2.45) is 0 Å². The molecule has 0 saturated heterocycles. The Morgan fingerprint density at radius 3 is 1.29 bits per heavy atom. The quantitative estimate of drug-likeness (QED) is 0.136. The summed E-state index contributed by atoms with van der Waals surface area (Å²) in [6.45, 7) is 18.0. The molecule has 0 aromatic heterocycles. The predicted octanol–water partition coefficient (Wildman–Crippen LogP) is 16.7. The first-order valence-corrected chi connectivity index (χ1v) is 20.8. The van der Waals surface area contributed by atoms with Crippen LogP contribution in [0.3, 0.4) is 0 Å². The molecule has 2 nitrogen and oxygen atoms in total. The Morgan fingerprint density at radius 1 is 0.345 bits per heavy atom. The van der Waals surface area contributed by atoms with Crippen molar-refractivity contribution in [2.75, 3.05) is 9.80 Å². The maximum Gasteiger partial charge on any atom is 0.0543 e. The molecule has 0 radical (unpaired) electrons. The Kier molecular flexibility index (Phi) is 9.53. The van der Waals surface area contributed by atoms with E-state index in [4.69, 9.17) is 0 Å². The first-order chi connectivity index (χ1) is 28.0. The number of hydrogen-bond donors (Lipinski definition) is 0. The molecule has 0 N–H and O–H groups in total. The van der Waals surface area contributed by atoms with Gasteiger partial charge in [-0.2, -0.15) is 0 Å². The zero-order chi connectivity index (χ0) is 40.2. The Bertz CT molecular complexity index is 2920. The molecule has 0 aliphatic heterocycles. The van der Waals surface area contributed by atoms with Gasteiger partial charge in [0, 0.05) is 33.8 Å². The summed E-state index contributed by atoms with van der Waals surface area (Å²) in [6.07, 6.45) is 0. The van der Waals surface area contributed by atoms with Gasteiger partial charge in [-0.15, -0.1) is 0 Å². The lowest BCUT2D eigenvalue weighted by Gasteiger charge is -2.30. The van der Waals surface area contributed by atoms with E-state index in [0.29, 0.717) is 11.8 Å². The number of rotatable bonds is 9. The molecule has 0 bridgehead atoms. The van der Waals surface area contributed by atoms with Crippen molar-refractivity contribution >= 4 is 66.4 Å². The van der Waals surface area contributed by atoms with Gasteiger partial charge < -0.3 is 9.80 Å². The Morgan fingerprint density at radius 2 is 0.776 bits per heavy atom. The van der Waals surface area contributed by atoms with Crippen LogP contribution in [0.25, 0.3) is 43.4 Å². The third kappa shape index (κ3) is 6.57. The molecule has 0 fully saturated rings. The van der Waals surface area contributed by atoms with Gasteiger partial charge in [0.2, 0.25) is 0 Å². The summed E-state index contributed by atoms with van der Waals surface area (Å²) in [6, 6.07) is 59.3. The molecule has 2 heteroatoms. The first kappa shape index (κ1) is 37.2. The van der Waals surface area contributed by atoms with Gasteiger partial charge in [-0.25, -0.2) is 0 Å². The van der Waals surface area contributed by atoms with Crippen molar-refractivity contribution < 1.29 is 0 Å². The fourth-order valence-corrected chi connectivity index (χ4v) is 8.99. The van der Waals surface area contributed by atoms with Crippen LogP contribution in [0.1, 0.15) is 72.9 Å². The third-order valence-electron chi connectivity index (χ3n) is 12.0. The van der Waals surface area contributed by atoms with E-state index in [1.807, 2.05) is 0 Å². The average molecular weight is 753 g/mol.